The molecule has 0 fully saturated rings. The summed E-state index contributed by atoms with van der Waals surface area (Å²) in [5.41, 5.74) is 2.79. The zero-order chi connectivity index (χ0) is 15.0. The molecule has 2 nitrogen and oxygen atoms in total. The number of aromatic nitrogens is 2. The lowest BCUT2D eigenvalue weighted by molar-refractivity contribution is 1.05. The van der Waals surface area contributed by atoms with E-state index in [0.29, 0.717) is 0 Å². The van der Waals surface area contributed by atoms with Crippen molar-refractivity contribution in [2.75, 3.05) is 0 Å². The van der Waals surface area contributed by atoms with Crippen molar-refractivity contribution in [1.29, 1.82) is 0 Å². The molecule has 0 unspecified atom stereocenters. The fourth-order valence-corrected chi connectivity index (χ4v) is 0.873. The number of aryl methyl sites for hydroxylation is 2. The van der Waals surface area contributed by atoms with Gasteiger partial charge in [0.2, 0.25) is 0 Å². The Hall–Kier alpha value is -1.44. The van der Waals surface area contributed by atoms with E-state index in [4.69, 9.17) is 0 Å². The Morgan fingerprint density at radius 3 is 1.94 bits per heavy atom. The highest BCUT2D eigenvalue weighted by Crippen LogP contribution is 2.04. The summed E-state index contributed by atoms with van der Waals surface area (Å²) in [5, 5.41) is 0. The second kappa shape index (κ2) is 17.9. The molecular formula is C16H30N2. The minimum atomic E-state index is 0.912. The second-order valence-electron chi connectivity index (χ2n) is 2.58. The Morgan fingerprint density at radius 2 is 1.50 bits per heavy atom. The average molecular weight is 250 g/mol. The molecular weight excluding hydrogens is 220 g/mol. The Labute approximate surface area is 114 Å². The van der Waals surface area contributed by atoms with Crippen molar-refractivity contribution < 1.29 is 0 Å². The largest absolute Gasteiger partial charge is 0.257 e. The normalized spacial score (nSPS) is 8.00. The highest BCUT2D eigenvalue weighted by atomic mass is 14.8. The van der Waals surface area contributed by atoms with Crippen LogP contribution >= 0.6 is 0 Å². The second-order valence-corrected chi connectivity index (χ2v) is 2.58. The first-order chi connectivity index (χ1) is 8.74. The lowest BCUT2D eigenvalue weighted by atomic mass is 10.3. The molecule has 0 aliphatic rings. The van der Waals surface area contributed by atoms with E-state index in [2.05, 4.69) is 16.5 Å². The molecule has 0 radical (unpaired) electrons. The quantitative estimate of drug-likeness (QED) is 0.659. The van der Waals surface area contributed by atoms with Gasteiger partial charge in [-0.05, 0) is 19.9 Å². The molecule has 1 aromatic heterocycles. The van der Waals surface area contributed by atoms with Crippen molar-refractivity contribution >= 4 is 6.08 Å². The molecule has 1 heterocycles. The number of hydrogen-bond donors (Lipinski definition) is 0. The van der Waals surface area contributed by atoms with Gasteiger partial charge in [0.1, 0.15) is 0 Å². The van der Waals surface area contributed by atoms with Gasteiger partial charge in [0.15, 0.2) is 0 Å². The van der Waals surface area contributed by atoms with E-state index in [9.17, 15) is 0 Å². The summed E-state index contributed by atoms with van der Waals surface area (Å²) in [4.78, 5) is 8.50. The van der Waals surface area contributed by atoms with E-state index >= 15 is 0 Å². The Bertz CT molecular complexity index is 315. The predicted molar refractivity (Wildman–Crippen MR) is 84.8 cm³/mol. The summed E-state index contributed by atoms with van der Waals surface area (Å²) in [7, 11) is 0. The molecule has 104 valence electrons. The molecule has 0 saturated carbocycles. The molecule has 0 amide bonds. The van der Waals surface area contributed by atoms with Crippen molar-refractivity contribution in [3.63, 3.8) is 0 Å². The van der Waals surface area contributed by atoms with Gasteiger partial charge in [-0.25, -0.2) is 0 Å². The first-order valence-electron chi connectivity index (χ1n) is 6.83. The van der Waals surface area contributed by atoms with Gasteiger partial charge >= 0.3 is 0 Å². The van der Waals surface area contributed by atoms with E-state index in [1.165, 1.54) is 0 Å². The molecule has 18 heavy (non-hydrogen) atoms. The van der Waals surface area contributed by atoms with Crippen LogP contribution in [-0.2, 0) is 0 Å². The molecule has 0 bridgehead atoms. The van der Waals surface area contributed by atoms with E-state index in [1.807, 2.05) is 67.5 Å². The molecule has 0 aliphatic carbocycles. The van der Waals surface area contributed by atoms with Crippen molar-refractivity contribution in [1.82, 2.24) is 9.97 Å². The molecule has 0 aliphatic heterocycles. The molecule has 0 saturated heterocycles. The van der Waals surface area contributed by atoms with E-state index in [1.54, 1.807) is 12.3 Å². The van der Waals surface area contributed by atoms with Crippen LogP contribution in [0, 0.1) is 13.8 Å². The van der Waals surface area contributed by atoms with Gasteiger partial charge in [0.05, 0.1) is 17.1 Å². The summed E-state index contributed by atoms with van der Waals surface area (Å²) in [6.45, 7) is 19.5. The smallest absolute Gasteiger partial charge is 0.0845 e. The highest BCUT2D eigenvalue weighted by Gasteiger charge is 1.95. The topological polar surface area (TPSA) is 25.8 Å². The average Bonchev–Trinajstić information content (AvgIpc) is 2.46. The minimum Gasteiger partial charge on any atom is -0.257 e. The fraction of sp³-hybridized carbons (Fsp3) is 0.500. The summed E-state index contributed by atoms with van der Waals surface area (Å²) >= 11 is 0. The van der Waals surface area contributed by atoms with Crippen LogP contribution < -0.4 is 0 Å². The van der Waals surface area contributed by atoms with Crippen molar-refractivity contribution in [3.8, 4) is 0 Å². The molecule has 2 heteroatoms. The van der Waals surface area contributed by atoms with Gasteiger partial charge in [0.25, 0.3) is 0 Å². The van der Waals surface area contributed by atoms with Gasteiger partial charge in [-0.1, -0.05) is 60.3 Å². The summed E-state index contributed by atoms with van der Waals surface area (Å²) in [6.07, 6.45) is 7.25. The molecule has 0 spiro atoms. The SMILES string of the molecule is C=C/C=C\c1nc(C)cnc1C.CC.CC.CC. The molecule has 0 aromatic carbocycles. The molecule has 0 N–H and O–H groups in total. The fourth-order valence-electron chi connectivity index (χ4n) is 0.873. The maximum Gasteiger partial charge on any atom is 0.0845 e. The van der Waals surface area contributed by atoms with Gasteiger partial charge in [-0.3, -0.25) is 9.97 Å². The number of nitrogens with zero attached hydrogens (tertiary/aromatic N) is 2. The zero-order valence-electron chi connectivity index (χ0n) is 13.4. The Balaban J connectivity index is -0.000000328. The van der Waals surface area contributed by atoms with Crippen LogP contribution in [0.15, 0.2) is 24.9 Å². The molecule has 1 rings (SSSR count). The third-order valence-electron chi connectivity index (χ3n) is 1.50. The summed E-state index contributed by atoms with van der Waals surface area (Å²) in [5.74, 6) is 0. The number of rotatable bonds is 2. The first kappa shape index (κ1) is 21.8. The lowest BCUT2D eigenvalue weighted by Gasteiger charge is -1.98. The standard InChI is InChI=1S/C10H12N2.3C2H6/c1-4-5-6-10-9(3)11-7-8(2)12-10;3*1-2/h4-7H,1H2,2-3H3;3*1-2H3/b6-5-;;;. The Kier molecular flexibility index (Phi) is 21.7. The van der Waals surface area contributed by atoms with Crippen LogP contribution in [0.4, 0.5) is 0 Å². The van der Waals surface area contributed by atoms with Crippen molar-refractivity contribution in [3.05, 3.63) is 42.0 Å². The van der Waals surface area contributed by atoms with Crippen molar-refractivity contribution in [2.45, 2.75) is 55.4 Å². The van der Waals surface area contributed by atoms with E-state index < -0.39 is 0 Å². The third-order valence-corrected chi connectivity index (χ3v) is 1.50. The van der Waals surface area contributed by atoms with Crippen LogP contribution in [0.25, 0.3) is 6.08 Å². The first-order valence-corrected chi connectivity index (χ1v) is 6.83. The summed E-state index contributed by atoms with van der Waals surface area (Å²) in [6, 6.07) is 0. The maximum absolute atomic E-state index is 4.31. The van der Waals surface area contributed by atoms with E-state index in [-0.39, 0.29) is 0 Å². The van der Waals surface area contributed by atoms with Crippen molar-refractivity contribution in [2.24, 2.45) is 0 Å². The van der Waals surface area contributed by atoms with Crippen LogP contribution in [-0.4, -0.2) is 9.97 Å². The van der Waals surface area contributed by atoms with Gasteiger partial charge in [-0.15, -0.1) is 0 Å². The van der Waals surface area contributed by atoms with Crippen LogP contribution in [0.2, 0.25) is 0 Å². The monoisotopic (exact) mass is 250 g/mol. The van der Waals surface area contributed by atoms with Crippen LogP contribution in [0.1, 0.15) is 58.6 Å². The summed E-state index contributed by atoms with van der Waals surface area (Å²) < 4.78 is 0. The van der Waals surface area contributed by atoms with Gasteiger partial charge in [-0.2, -0.15) is 0 Å². The predicted octanol–water partition coefficient (Wildman–Crippen LogP) is 5.37. The maximum atomic E-state index is 4.31. The van der Waals surface area contributed by atoms with Gasteiger partial charge < -0.3 is 0 Å². The number of allylic oxidation sites excluding steroid dienone is 2. The minimum absolute atomic E-state index is 0.912. The van der Waals surface area contributed by atoms with Gasteiger partial charge in [0, 0.05) is 6.20 Å². The Morgan fingerprint density at radius 1 is 1.00 bits per heavy atom. The third kappa shape index (κ3) is 11.1. The number of hydrogen-bond acceptors (Lipinski definition) is 2. The molecule has 0 atom stereocenters. The lowest BCUT2D eigenvalue weighted by Crippen LogP contribution is -1.92. The molecule has 1 aromatic rings. The zero-order valence-corrected chi connectivity index (χ0v) is 13.4. The van der Waals surface area contributed by atoms with Crippen LogP contribution in [0.5, 0.6) is 0 Å². The van der Waals surface area contributed by atoms with Crippen LogP contribution in [0.3, 0.4) is 0 Å². The van der Waals surface area contributed by atoms with E-state index in [0.717, 1.165) is 17.1 Å². The highest BCUT2D eigenvalue weighted by molar-refractivity contribution is 5.48.